The van der Waals surface area contributed by atoms with Gasteiger partial charge in [0.05, 0.1) is 10.9 Å². The Morgan fingerprint density at radius 3 is 2.59 bits per heavy atom. The van der Waals surface area contributed by atoms with Gasteiger partial charge < -0.3 is 19.3 Å². The molecule has 2 bridgehead atoms. The summed E-state index contributed by atoms with van der Waals surface area (Å²) in [7, 11) is -2.17. The molecule has 1 aliphatic carbocycles. The molecule has 3 fully saturated rings. The van der Waals surface area contributed by atoms with Gasteiger partial charge in [-0.15, -0.1) is 0 Å². The fourth-order valence-electron chi connectivity index (χ4n) is 9.91. The maximum Gasteiger partial charge on any atom is 0.264 e. The number of rotatable bonds is 3. The summed E-state index contributed by atoms with van der Waals surface area (Å²) in [4.78, 5) is 35.4. The van der Waals surface area contributed by atoms with Crippen LogP contribution in [-0.4, -0.2) is 118 Å². The van der Waals surface area contributed by atoms with Crippen LogP contribution in [0.15, 0.2) is 48.6 Å². The molecule has 7 rings (SSSR count). The first-order valence-electron chi connectivity index (χ1n) is 20.5. The predicted octanol–water partition coefficient (Wildman–Crippen LogP) is 5.76. The zero-order chi connectivity index (χ0) is 39.8. The second-order valence-corrected chi connectivity index (χ2v) is 19.8. The lowest BCUT2D eigenvalue weighted by Gasteiger charge is -2.58. The number of halogens is 1. The van der Waals surface area contributed by atoms with Crippen molar-refractivity contribution in [3.63, 3.8) is 0 Å². The Bertz CT molecular complexity index is 1930. The standard InChI is InChI=1S/C43H60ClN5O6S/c1-30-9-8-16-43(54-5,29-46-19-20-47-21-22-48(32(3)50)26-37(47)25-46)40-15-17-42(40,4)28-49-18-7-6-10-33-23-36(44)13-11-35(33)27-55-39-14-12-34(24-38(39)49)41(51)45-56(52,53)31(30)2/h8,11-14,16,23-24,30-31,37,40H,6-7,9-10,15,17-22,25-29H2,1-5H3,(H,45,51)/b16-8+/t30-,31+,37-,40+,42?,43+/m0/s1. The summed E-state index contributed by atoms with van der Waals surface area (Å²) in [6.07, 6.45) is 9.61. The van der Waals surface area contributed by atoms with E-state index in [1.54, 1.807) is 19.9 Å². The lowest BCUT2D eigenvalue weighted by Crippen LogP contribution is -2.66. The second-order valence-electron chi connectivity index (χ2n) is 17.4. The number of methoxy groups -OCH3 is 1. The van der Waals surface area contributed by atoms with Crippen molar-refractivity contribution in [1.29, 1.82) is 0 Å². The third kappa shape index (κ3) is 8.51. The first-order valence-corrected chi connectivity index (χ1v) is 22.4. The number of carbonyl (C=O) groups is 2. The highest BCUT2D eigenvalue weighted by Crippen LogP contribution is 2.55. The number of fused-ring (bicyclic) bond motifs is 4. The van der Waals surface area contributed by atoms with Gasteiger partial charge in [-0.05, 0) is 104 Å². The number of piperazine rings is 2. The molecule has 4 heterocycles. The Kier molecular flexibility index (Phi) is 12.2. The van der Waals surface area contributed by atoms with Gasteiger partial charge in [0, 0.05) is 89.6 Å². The van der Waals surface area contributed by atoms with Crippen LogP contribution in [-0.2, 0) is 32.6 Å². The Labute approximate surface area is 338 Å². The van der Waals surface area contributed by atoms with Crippen LogP contribution in [0.25, 0.3) is 0 Å². The minimum atomic E-state index is -3.99. The number of hydrogen-bond donors (Lipinski definition) is 1. The zero-order valence-electron chi connectivity index (χ0n) is 33.8. The topological polar surface area (TPSA) is 112 Å². The van der Waals surface area contributed by atoms with Gasteiger partial charge in [-0.25, -0.2) is 13.1 Å². The van der Waals surface area contributed by atoms with Crippen LogP contribution >= 0.6 is 11.6 Å². The summed E-state index contributed by atoms with van der Waals surface area (Å²) in [5, 5.41) is -0.107. The fraction of sp³-hybridized carbons (Fsp3) is 0.628. The van der Waals surface area contributed by atoms with Crippen molar-refractivity contribution in [2.75, 3.05) is 70.9 Å². The molecule has 1 N–H and O–H groups in total. The van der Waals surface area contributed by atoms with Crippen LogP contribution in [0.1, 0.15) is 81.3 Å². The number of benzene rings is 2. The number of ether oxygens (including phenoxy) is 2. The number of allylic oxidation sites excluding steroid dienone is 1. The normalized spacial score (nSPS) is 32.3. The van der Waals surface area contributed by atoms with Gasteiger partial charge in [-0.1, -0.05) is 43.7 Å². The molecule has 2 saturated heterocycles. The lowest BCUT2D eigenvalue weighted by molar-refractivity contribution is -0.139. The zero-order valence-corrected chi connectivity index (χ0v) is 35.3. The summed E-state index contributed by atoms with van der Waals surface area (Å²) in [5.41, 5.74) is 2.53. The molecule has 0 spiro atoms. The van der Waals surface area contributed by atoms with Crippen molar-refractivity contribution in [1.82, 2.24) is 19.4 Å². The highest BCUT2D eigenvalue weighted by Gasteiger charge is 2.55. The van der Waals surface area contributed by atoms with E-state index in [9.17, 15) is 18.0 Å². The summed E-state index contributed by atoms with van der Waals surface area (Å²) in [5.74, 6) is 0.0466. The molecule has 5 aliphatic rings. The van der Waals surface area contributed by atoms with Crippen molar-refractivity contribution in [2.24, 2.45) is 17.3 Å². The van der Waals surface area contributed by atoms with Crippen LogP contribution in [0, 0.1) is 17.3 Å². The van der Waals surface area contributed by atoms with Crippen molar-refractivity contribution in [2.45, 2.75) is 89.7 Å². The van der Waals surface area contributed by atoms with Crippen molar-refractivity contribution < 1.29 is 27.5 Å². The molecule has 2 amide bonds. The van der Waals surface area contributed by atoms with Crippen molar-refractivity contribution in [3.05, 3.63) is 70.3 Å². The molecule has 0 radical (unpaired) electrons. The van der Waals surface area contributed by atoms with Crippen LogP contribution < -0.4 is 14.4 Å². The molecular formula is C43H60ClN5O6S. The SMILES string of the molecule is CO[C@@]1(CN2CCN3CCN(C(C)=O)C[C@@H]3C2)/C=C/C[C@H](C)[C@@H](C)S(=O)(=O)NC(=O)c2ccc3c(c2)N(CCCCc2cc(Cl)ccc2CO3)CC2(C)CC[C@H]21. The number of anilines is 1. The van der Waals surface area contributed by atoms with Gasteiger partial charge in [0.15, 0.2) is 0 Å². The van der Waals surface area contributed by atoms with Gasteiger partial charge in [-0.3, -0.25) is 19.4 Å². The van der Waals surface area contributed by atoms with E-state index < -0.39 is 26.8 Å². The minimum absolute atomic E-state index is 0.130. The van der Waals surface area contributed by atoms with Crippen LogP contribution in [0.2, 0.25) is 5.02 Å². The molecule has 11 nitrogen and oxygen atoms in total. The molecule has 2 aromatic carbocycles. The summed E-state index contributed by atoms with van der Waals surface area (Å²) in [6, 6.07) is 11.5. The van der Waals surface area contributed by atoms with Gasteiger partial charge in [0.1, 0.15) is 18.0 Å². The number of hydrogen-bond acceptors (Lipinski definition) is 9. The van der Waals surface area contributed by atoms with Crippen molar-refractivity contribution in [3.8, 4) is 5.75 Å². The Balaban J connectivity index is 1.26. The van der Waals surface area contributed by atoms with E-state index in [2.05, 4.69) is 38.5 Å². The van der Waals surface area contributed by atoms with E-state index in [-0.39, 0.29) is 34.8 Å². The Morgan fingerprint density at radius 2 is 1.84 bits per heavy atom. The van der Waals surface area contributed by atoms with Crippen LogP contribution in [0.4, 0.5) is 5.69 Å². The van der Waals surface area contributed by atoms with Crippen molar-refractivity contribution >= 4 is 39.1 Å². The van der Waals surface area contributed by atoms with Crippen LogP contribution in [0.3, 0.4) is 0 Å². The Hall–Kier alpha value is -3.16. The average molecular weight is 811 g/mol. The molecule has 4 aliphatic heterocycles. The van der Waals surface area contributed by atoms with Crippen LogP contribution in [0.5, 0.6) is 5.75 Å². The molecular weight excluding hydrogens is 750 g/mol. The third-order valence-electron chi connectivity index (χ3n) is 13.7. The molecule has 1 saturated carbocycles. The third-order valence-corrected chi connectivity index (χ3v) is 15.9. The van der Waals surface area contributed by atoms with E-state index in [0.717, 1.165) is 89.2 Å². The maximum absolute atomic E-state index is 13.7. The van der Waals surface area contributed by atoms with Gasteiger partial charge >= 0.3 is 0 Å². The fourth-order valence-corrected chi connectivity index (χ4v) is 11.4. The molecule has 6 atom stereocenters. The average Bonchev–Trinajstić information content (AvgIpc) is 3.19. The van der Waals surface area contributed by atoms with E-state index in [4.69, 9.17) is 21.1 Å². The molecule has 13 heteroatoms. The highest BCUT2D eigenvalue weighted by molar-refractivity contribution is 7.90. The van der Waals surface area contributed by atoms with Gasteiger partial charge in [0.25, 0.3) is 5.91 Å². The first kappa shape index (κ1) is 41.0. The Morgan fingerprint density at radius 1 is 1.04 bits per heavy atom. The van der Waals surface area contributed by atoms with E-state index >= 15 is 0 Å². The van der Waals surface area contributed by atoms with E-state index in [1.807, 2.05) is 49.3 Å². The molecule has 1 unspecified atom stereocenters. The number of amides is 2. The molecule has 306 valence electrons. The molecule has 2 aromatic rings. The second kappa shape index (κ2) is 16.6. The predicted molar refractivity (Wildman–Crippen MR) is 221 cm³/mol. The number of carbonyl (C=O) groups excluding carboxylic acids is 2. The number of aryl methyl sites for hydroxylation is 1. The van der Waals surface area contributed by atoms with E-state index in [1.165, 1.54) is 5.56 Å². The minimum Gasteiger partial charge on any atom is -0.487 e. The molecule has 0 aromatic heterocycles. The van der Waals surface area contributed by atoms with E-state index in [0.29, 0.717) is 36.9 Å². The summed E-state index contributed by atoms with van der Waals surface area (Å²) >= 11 is 6.43. The van der Waals surface area contributed by atoms with Gasteiger partial charge in [-0.2, -0.15) is 0 Å². The quantitative estimate of drug-likeness (QED) is 0.388. The van der Waals surface area contributed by atoms with Gasteiger partial charge in [0.2, 0.25) is 15.9 Å². The summed E-state index contributed by atoms with van der Waals surface area (Å²) in [6.45, 7) is 15.3. The largest absolute Gasteiger partial charge is 0.487 e. The number of nitrogens with one attached hydrogen (secondary N) is 1. The number of nitrogens with zero attached hydrogens (tertiary/aromatic N) is 4. The maximum atomic E-state index is 13.7. The lowest BCUT2D eigenvalue weighted by atomic mass is 9.54. The monoisotopic (exact) mass is 809 g/mol. The molecule has 56 heavy (non-hydrogen) atoms. The first-order chi connectivity index (χ1) is 26.7. The summed E-state index contributed by atoms with van der Waals surface area (Å²) < 4.78 is 43.1. The highest BCUT2D eigenvalue weighted by atomic mass is 35.5. The smallest absolute Gasteiger partial charge is 0.264 e. The number of sulfonamides is 1.